The van der Waals surface area contributed by atoms with Crippen molar-refractivity contribution in [3.63, 3.8) is 0 Å². The number of carbonyl (C=O) groups excluding carboxylic acids is 3. The second kappa shape index (κ2) is 9.22. The molecule has 162 valence electrons. The molecule has 4 rings (SSSR count). The van der Waals surface area contributed by atoms with Gasteiger partial charge in [0.05, 0.1) is 6.04 Å². The SMILES string of the molecule is O=C(CCN1C(=O)NC2(CCCCC2)C1=O)NC(c1ccccc1)c1ccc(Br)cc1. The van der Waals surface area contributed by atoms with Gasteiger partial charge in [-0.15, -0.1) is 0 Å². The Labute approximate surface area is 190 Å². The van der Waals surface area contributed by atoms with E-state index in [4.69, 9.17) is 0 Å². The van der Waals surface area contributed by atoms with Crippen LogP contribution in [-0.2, 0) is 9.59 Å². The lowest BCUT2D eigenvalue weighted by Gasteiger charge is -2.30. The predicted octanol–water partition coefficient (Wildman–Crippen LogP) is 4.30. The summed E-state index contributed by atoms with van der Waals surface area (Å²) in [6, 6.07) is 16.9. The first kappa shape index (κ1) is 21.6. The molecule has 1 saturated carbocycles. The number of benzene rings is 2. The Hall–Kier alpha value is -2.67. The first-order valence-electron chi connectivity index (χ1n) is 10.7. The zero-order valence-corrected chi connectivity index (χ0v) is 18.9. The van der Waals surface area contributed by atoms with Gasteiger partial charge in [0.2, 0.25) is 5.91 Å². The maximum atomic E-state index is 12.9. The average molecular weight is 484 g/mol. The molecular formula is C24H26BrN3O3. The van der Waals surface area contributed by atoms with Crippen LogP contribution in [0.15, 0.2) is 59.1 Å². The van der Waals surface area contributed by atoms with Gasteiger partial charge in [-0.05, 0) is 36.1 Å². The van der Waals surface area contributed by atoms with E-state index in [0.717, 1.165) is 34.9 Å². The monoisotopic (exact) mass is 483 g/mol. The van der Waals surface area contributed by atoms with Crippen LogP contribution in [0.2, 0.25) is 0 Å². The fourth-order valence-corrected chi connectivity index (χ4v) is 4.74. The van der Waals surface area contributed by atoms with Gasteiger partial charge < -0.3 is 10.6 Å². The molecule has 0 bridgehead atoms. The van der Waals surface area contributed by atoms with E-state index in [1.807, 2.05) is 54.6 Å². The second-order valence-electron chi connectivity index (χ2n) is 8.24. The van der Waals surface area contributed by atoms with E-state index in [1.165, 1.54) is 4.90 Å². The Morgan fingerprint density at radius 3 is 2.32 bits per heavy atom. The minimum absolute atomic E-state index is 0.0646. The molecular weight excluding hydrogens is 458 g/mol. The minimum atomic E-state index is -0.754. The van der Waals surface area contributed by atoms with E-state index in [1.54, 1.807) is 0 Å². The summed E-state index contributed by atoms with van der Waals surface area (Å²) in [5.74, 6) is -0.389. The van der Waals surface area contributed by atoms with Crippen LogP contribution in [0, 0.1) is 0 Å². The summed E-state index contributed by atoms with van der Waals surface area (Å²) in [6.45, 7) is 0.0834. The molecule has 4 amide bonds. The van der Waals surface area contributed by atoms with Crippen molar-refractivity contribution in [1.82, 2.24) is 15.5 Å². The van der Waals surface area contributed by atoms with E-state index in [-0.39, 0.29) is 36.9 Å². The molecule has 2 N–H and O–H groups in total. The number of urea groups is 1. The van der Waals surface area contributed by atoms with Gasteiger partial charge >= 0.3 is 6.03 Å². The largest absolute Gasteiger partial charge is 0.345 e. The molecule has 2 aromatic carbocycles. The molecule has 0 aromatic heterocycles. The number of nitrogens with one attached hydrogen (secondary N) is 2. The molecule has 1 spiro atoms. The number of hydrogen-bond donors (Lipinski definition) is 2. The highest BCUT2D eigenvalue weighted by Crippen LogP contribution is 2.33. The summed E-state index contributed by atoms with van der Waals surface area (Å²) in [5.41, 5.74) is 1.17. The van der Waals surface area contributed by atoms with Gasteiger partial charge in [0.25, 0.3) is 5.91 Å². The average Bonchev–Trinajstić information content (AvgIpc) is 3.01. The number of imide groups is 1. The number of nitrogens with zero attached hydrogens (tertiary/aromatic N) is 1. The van der Waals surface area contributed by atoms with Crippen LogP contribution in [0.1, 0.15) is 55.7 Å². The second-order valence-corrected chi connectivity index (χ2v) is 9.16. The maximum Gasteiger partial charge on any atom is 0.325 e. The highest BCUT2D eigenvalue weighted by molar-refractivity contribution is 9.10. The van der Waals surface area contributed by atoms with Crippen molar-refractivity contribution in [2.45, 2.75) is 50.1 Å². The van der Waals surface area contributed by atoms with E-state index in [0.29, 0.717) is 12.8 Å². The third-order valence-electron chi connectivity index (χ3n) is 6.16. The van der Waals surface area contributed by atoms with Crippen LogP contribution < -0.4 is 10.6 Å². The van der Waals surface area contributed by atoms with Crippen molar-refractivity contribution in [2.24, 2.45) is 0 Å². The number of halogens is 1. The van der Waals surface area contributed by atoms with E-state index < -0.39 is 5.54 Å². The Morgan fingerprint density at radius 1 is 1.00 bits per heavy atom. The number of amides is 4. The van der Waals surface area contributed by atoms with E-state index in [9.17, 15) is 14.4 Å². The van der Waals surface area contributed by atoms with E-state index in [2.05, 4.69) is 26.6 Å². The highest BCUT2D eigenvalue weighted by atomic mass is 79.9. The molecule has 1 aliphatic carbocycles. The molecule has 31 heavy (non-hydrogen) atoms. The zero-order chi connectivity index (χ0) is 21.8. The van der Waals surface area contributed by atoms with Crippen LogP contribution >= 0.6 is 15.9 Å². The molecule has 1 atom stereocenters. The lowest BCUT2D eigenvalue weighted by molar-refractivity contribution is -0.132. The molecule has 1 heterocycles. The van der Waals surface area contributed by atoms with Gasteiger partial charge in [-0.3, -0.25) is 14.5 Å². The van der Waals surface area contributed by atoms with Crippen molar-refractivity contribution >= 4 is 33.8 Å². The maximum absolute atomic E-state index is 12.9. The lowest BCUT2D eigenvalue weighted by Crippen LogP contribution is -2.48. The summed E-state index contributed by atoms with van der Waals surface area (Å²) in [7, 11) is 0. The van der Waals surface area contributed by atoms with Crippen LogP contribution in [0.5, 0.6) is 0 Å². The molecule has 0 radical (unpaired) electrons. The van der Waals surface area contributed by atoms with Gasteiger partial charge in [-0.2, -0.15) is 0 Å². The van der Waals surface area contributed by atoms with Crippen molar-refractivity contribution < 1.29 is 14.4 Å². The molecule has 1 saturated heterocycles. The molecule has 2 fully saturated rings. The first-order valence-corrected chi connectivity index (χ1v) is 11.5. The predicted molar refractivity (Wildman–Crippen MR) is 121 cm³/mol. The van der Waals surface area contributed by atoms with Crippen molar-refractivity contribution in [2.75, 3.05) is 6.54 Å². The van der Waals surface area contributed by atoms with Gasteiger partial charge in [-0.25, -0.2) is 4.79 Å². The summed E-state index contributed by atoms with van der Waals surface area (Å²) in [4.78, 5) is 39.4. The Morgan fingerprint density at radius 2 is 1.65 bits per heavy atom. The topological polar surface area (TPSA) is 78.5 Å². The molecule has 7 heteroatoms. The van der Waals surface area contributed by atoms with Crippen molar-refractivity contribution in [3.8, 4) is 0 Å². The summed E-state index contributed by atoms with van der Waals surface area (Å²) in [6.07, 6.45) is 4.39. The summed E-state index contributed by atoms with van der Waals surface area (Å²) < 4.78 is 0.963. The molecule has 1 unspecified atom stereocenters. The minimum Gasteiger partial charge on any atom is -0.345 e. The van der Waals surface area contributed by atoms with Crippen LogP contribution in [0.3, 0.4) is 0 Å². The van der Waals surface area contributed by atoms with Crippen LogP contribution in [-0.4, -0.2) is 34.8 Å². The van der Waals surface area contributed by atoms with Crippen molar-refractivity contribution in [1.29, 1.82) is 0 Å². The number of rotatable bonds is 6. The Kier molecular flexibility index (Phi) is 6.41. The fraction of sp³-hybridized carbons (Fsp3) is 0.375. The van der Waals surface area contributed by atoms with E-state index >= 15 is 0 Å². The van der Waals surface area contributed by atoms with Gasteiger partial charge in [0, 0.05) is 17.4 Å². The zero-order valence-electron chi connectivity index (χ0n) is 17.3. The van der Waals surface area contributed by atoms with Gasteiger partial charge in [0.1, 0.15) is 5.54 Å². The third kappa shape index (κ3) is 4.66. The molecule has 2 aliphatic rings. The van der Waals surface area contributed by atoms with Crippen LogP contribution in [0.25, 0.3) is 0 Å². The standard InChI is InChI=1S/C24H26BrN3O3/c25-19-11-9-18(10-12-19)21(17-7-3-1-4-8-17)26-20(29)13-16-28-22(30)24(27-23(28)31)14-5-2-6-15-24/h1,3-4,7-12,21H,2,5-6,13-16H2,(H,26,29)(H,27,31). The lowest BCUT2D eigenvalue weighted by atomic mass is 9.82. The fourth-order valence-electron chi connectivity index (χ4n) is 4.48. The smallest absolute Gasteiger partial charge is 0.325 e. The van der Waals surface area contributed by atoms with Gasteiger partial charge in [-0.1, -0.05) is 77.7 Å². The Balaban J connectivity index is 1.43. The van der Waals surface area contributed by atoms with Crippen molar-refractivity contribution in [3.05, 3.63) is 70.2 Å². The van der Waals surface area contributed by atoms with Crippen LogP contribution in [0.4, 0.5) is 4.79 Å². The number of hydrogen-bond acceptors (Lipinski definition) is 3. The quantitative estimate of drug-likeness (QED) is 0.601. The molecule has 1 aliphatic heterocycles. The molecule has 2 aromatic rings. The summed E-state index contributed by atoms with van der Waals surface area (Å²) >= 11 is 3.44. The summed E-state index contributed by atoms with van der Waals surface area (Å²) in [5, 5.41) is 5.96. The third-order valence-corrected chi connectivity index (χ3v) is 6.69. The normalized spacial score (nSPS) is 18.7. The van der Waals surface area contributed by atoms with Gasteiger partial charge in [0.15, 0.2) is 0 Å². The Bertz CT molecular complexity index is 956. The first-order chi connectivity index (χ1) is 15.0. The number of carbonyl (C=O) groups is 3. The highest BCUT2D eigenvalue weighted by Gasteiger charge is 2.51. The molecule has 6 nitrogen and oxygen atoms in total.